The van der Waals surface area contributed by atoms with Crippen LogP contribution >= 0.6 is 11.3 Å². The molecule has 2 aromatic rings. The third kappa shape index (κ3) is 3.41. The van der Waals surface area contributed by atoms with E-state index in [9.17, 15) is 9.18 Å². The van der Waals surface area contributed by atoms with Crippen molar-refractivity contribution in [2.45, 2.75) is 26.3 Å². The molecule has 0 aliphatic rings. The maximum atomic E-state index is 13.8. The highest BCUT2D eigenvalue weighted by Crippen LogP contribution is 2.13. The normalized spacial score (nSPS) is 12.2. The van der Waals surface area contributed by atoms with E-state index < -0.39 is 5.82 Å². The molecule has 1 heterocycles. The fourth-order valence-corrected chi connectivity index (χ4v) is 2.62. The van der Waals surface area contributed by atoms with E-state index in [1.807, 2.05) is 18.4 Å². The van der Waals surface area contributed by atoms with Crippen molar-refractivity contribution in [2.24, 2.45) is 0 Å². The first-order chi connectivity index (χ1) is 9.08. The molecule has 0 aliphatic heterocycles. The Hall–Kier alpha value is -1.68. The van der Waals surface area contributed by atoms with Crippen LogP contribution < -0.4 is 5.32 Å². The van der Waals surface area contributed by atoms with Crippen LogP contribution in [0.2, 0.25) is 0 Å². The van der Waals surface area contributed by atoms with Crippen molar-refractivity contribution in [3.63, 3.8) is 0 Å². The Morgan fingerprint density at radius 3 is 2.89 bits per heavy atom. The Kier molecular flexibility index (Phi) is 4.32. The van der Waals surface area contributed by atoms with Gasteiger partial charge in [-0.05, 0) is 54.3 Å². The summed E-state index contributed by atoms with van der Waals surface area (Å²) in [6.07, 6.45) is 0.753. The Bertz CT molecular complexity index is 566. The van der Waals surface area contributed by atoms with Gasteiger partial charge in [-0.3, -0.25) is 4.79 Å². The van der Waals surface area contributed by atoms with Gasteiger partial charge in [0.15, 0.2) is 0 Å². The van der Waals surface area contributed by atoms with Gasteiger partial charge in [-0.2, -0.15) is 11.3 Å². The minimum absolute atomic E-state index is 0.0259. The molecule has 1 aromatic carbocycles. The second-order valence-corrected chi connectivity index (χ2v) is 5.43. The zero-order valence-electron chi connectivity index (χ0n) is 10.9. The lowest BCUT2D eigenvalue weighted by molar-refractivity contribution is 0.0936. The van der Waals surface area contributed by atoms with Crippen LogP contribution in [0, 0.1) is 12.7 Å². The smallest absolute Gasteiger partial charge is 0.254 e. The van der Waals surface area contributed by atoms with Gasteiger partial charge in [-0.1, -0.05) is 12.1 Å². The molecule has 2 rings (SSSR count). The molecule has 19 heavy (non-hydrogen) atoms. The molecule has 1 N–H and O–H groups in total. The van der Waals surface area contributed by atoms with E-state index in [-0.39, 0.29) is 17.5 Å². The lowest BCUT2D eigenvalue weighted by Crippen LogP contribution is -2.34. The number of hydrogen-bond acceptors (Lipinski definition) is 2. The van der Waals surface area contributed by atoms with Gasteiger partial charge in [0.1, 0.15) is 5.82 Å². The van der Waals surface area contributed by atoms with E-state index in [4.69, 9.17) is 0 Å². The monoisotopic (exact) mass is 277 g/mol. The van der Waals surface area contributed by atoms with Crippen molar-refractivity contribution < 1.29 is 9.18 Å². The number of carbonyl (C=O) groups is 1. The van der Waals surface area contributed by atoms with E-state index >= 15 is 0 Å². The molecule has 0 bridgehead atoms. The number of aryl methyl sites for hydroxylation is 1. The van der Waals surface area contributed by atoms with Crippen LogP contribution in [0.4, 0.5) is 4.39 Å². The van der Waals surface area contributed by atoms with Crippen molar-refractivity contribution >= 4 is 17.2 Å². The molecule has 1 aromatic heterocycles. The number of nitrogens with one attached hydrogen (secondary N) is 1. The van der Waals surface area contributed by atoms with Crippen molar-refractivity contribution in [1.82, 2.24) is 5.32 Å². The zero-order chi connectivity index (χ0) is 13.8. The molecule has 0 saturated carbocycles. The van der Waals surface area contributed by atoms with Crippen LogP contribution in [0.15, 0.2) is 35.0 Å². The molecular formula is C15H16FNOS. The van der Waals surface area contributed by atoms with Gasteiger partial charge in [-0.15, -0.1) is 0 Å². The highest BCUT2D eigenvalue weighted by Gasteiger charge is 2.15. The number of benzene rings is 1. The highest BCUT2D eigenvalue weighted by atomic mass is 32.1. The number of carbonyl (C=O) groups excluding carboxylic acids is 1. The highest BCUT2D eigenvalue weighted by molar-refractivity contribution is 7.07. The Morgan fingerprint density at radius 1 is 1.42 bits per heavy atom. The van der Waals surface area contributed by atoms with Crippen molar-refractivity contribution in [2.75, 3.05) is 0 Å². The summed E-state index contributed by atoms with van der Waals surface area (Å²) in [4.78, 5) is 12.0. The van der Waals surface area contributed by atoms with Crippen LogP contribution in [-0.2, 0) is 6.42 Å². The maximum Gasteiger partial charge on any atom is 0.254 e. The predicted molar refractivity (Wildman–Crippen MR) is 76.1 cm³/mol. The summed E-state index contributed by atoms with van der Waals surface area (Å²) in [5, 5.41) is 6.88. The summed E-state index contributed by atoms with van der Waals surface area (Å²) in [7, 11) is 0. The first-order valence-electron chi connectivity index (χ1n) is 6.15. The molecule has 100 valence electrons. The second-order valence-electron chi connectivity index (χ2n) is 4.65. The SMILES string of the molecule is Cc1cccc(C(=O)NC(C)Cc2ccsc2)c1F. The number of hydrogen-bond donors (Lipinski definition) is 1. The van der Waals surface area contributed by atoms with Gasteiger partial charge in [0.05, 0.1) is 5.56 Å². The number of amides is 1. The molecular weight excluding hydrogens is 261 g/mol. The lowest BCUT2D eigenvalue weighted by Gasteiger charge is -2.14. The number of rotatable bonds is 4. The Morgan fingerprint density at radius 2 is 2.21 bits per heavy atom. The molecule has 1 atom stereocenters. The summed E-state index contributed by atoms with van der Waals surface area (Å²) in [5.74, 6) is -0.799. The van der Waals surface area contributed by atoms with E-state index in [2.05, 4.69) is 10.7 Å². The van der Waals surface area contributed by atoms with Crippen LogP contribution in [-0.4, -0.2) is 11.9 Å². The molecule has 1 amide bonds. The fraction of sp³-hybridized carbons (Fsp3) is 0.267. The first kappa shape index (κ1) is 13.7. The topological polar surface area (TPSA) is 29.1 Å². The van der Waals surface area contributed by atoms with E-state index in [1.54, 1.807) is 30.4 Å². The van der Waals surface area contributed by atoms with Gasteiger partial charge < -0.3 is 5.32 Å². The average Bonchev–Trinajstić information content (AvgIpc) is 2.85. The zero-order valence-corrected chi connectivity index (χ0v) is 11.8. The standard InChI is InChI=1S/C15H16FNOS/c1-10-4-3-5-13(14(10)16)15(18)17-11(2)8-12-6-7-19-9-12/h3-7,9,11H,8H2,1-2H3,(H,17,18). The quantitative estimate of drug-likeness (QED) is 0.909. The van der Waals surface area contributed by atoms with Gasteiger partial charge in [-0.25, -0.2) is 4.39 Å². The fourth-order valence-electron chi connectivity index (χ4n) is 1.94. The molecule has 0 saturated heterocycles. The molecule has 1 unspecified atom stereocenters. The summed E-state index contributed by atoms with van der Waals surface area (Å²) in [5.41, 5.74) is 1.78. The minimum Gasteiger partial charge on any atom is -0.349 e. The average molecular weight is 277 g/mol. The molecule has 0 fully saturated rings. The summed E-state index contributed by atoms with van der Waals surface area (Å²) in [6, 6.07) is 6.86. The van der Waals surface area contributed by atoms with Crippen molar-refractivity contribution in [3.05, 3.63) is 57.5 Å². The van der Waals surface area contributed by atoms with E-state index in [0.717, 1.165) is 6.42 Å². The van der Waals surface area contributed by atoms with E-state index in [0.29, 0.717) is 5.56 Å². The Labute approximate surface area is 116 Å². The summed E-state index contributed by atoms with van der Waals surface area (Å²) >= 11 is 1.63. The number of thiophene rings is 1. The summed E-state index contributed by atoms with van der Waals surface area (Å²) < 4.78 is 13.8. The molecule has 0 aliphatic carbocycles. The van der Waals surface area contributed by atoms with Crippen molar-refractivity contribution in [3.8, 4) is 0 Å². The Balaban J connectivity index is 2.02. The third-order valence-electron chi connectivity index (χ3n) is 2.94. The van der Waals surface area contributed by atoms with Gasteiger partial charge >= 0.3 is 0 Å². The largest absolute Gasteiger partial charge is 0.349 e. The second kappa shape index (κ2) is 5.97. The summed E-state index contributed by atoms with van der Waals surface area (Å²) in [6.45, 7) is 3.57. The van der Waals surface area contributed by atoms with Crippen LogP contribution in [0.5, 0.6) is 0 Å². The maximum absolute atomic E-state index is 13.8. The first-order valence-corrected chi connectivity index (χ1v) is 7.09. The van der Waals surface area contributed by atoms with Crippen molar-refractivity contribution in [1.29, 1.82) is 0 Å². The molecule has 0 spiro atoms. The minimum atomic E-state index is -0.442. The van der Waals surface area contributed by atoms with Gasteiger partial charge in [0.2, 0.25) is 0 Å². The predicted octanol–water partition coefficient (Wildman–Crippen LogP) is 3.56. The molecule has 0 radical (unpaired) electrons. The number of halogens is 1. The molecule has 2 nitrogen and oxygen atoms in total. The molecule has 4 heteroatoms. The lowest BCUT2D eigenvalue weighted by atomic mass is 10.1. The van der Waals surface area contributed by atoms with Crippen LogP contribution in [0.3, 0.4) is 0 Å². The van der Waals surface area contributed by atoms with Crippen LogP contribution in [0.1, 0.15) is 28.4 Å². The van der Waals surface area contributed by atoms with Gasteiger partial charge in [0.25, 0.3) is 5.91 Å². The third-order valence-corrected chi connectivity index (χ3v) is 3.67. The van der Waals surface area contributed by atoms with E-state index in [1.165, 1.54) is 11.6 Å². The van der Waals surface area contributed by atoms with Crippen LogP contribution in [0.25, 0.3) is 0 Å². The van der Waals surface area contributed by atoms with Gasteiger partial charge in [0, 0.05) is 6.04 Å².